The van der Waals surface area contributed by atoms with Crippen molar-refractivity contribution < 1.29 is 9.18 Å². The van der Waals surface area contributed by atoms with Crippen LogP contribution in [0, 0.1) is 5.82 Å². The SMILES string of the molecule is C=CCn1c(SCC(=O)NC(C)c2ccc(Cl)c(Cl)c2)nnc1-c1ccccc1F. The Hall–Kier alpha value is -2.35. The first-order valence-corrected chi connectivity index (χ1v) is 10.8. The zero-order chi connectivity index (χ0) is 21.7. The Kier molecular flexibility index (Phi) is 7.53. The van der Waals surface area contributed by atoms with Crippen LogP contribution in [0.1, 0.15) is 18.5 Å². The minimum Gasteiger partial charge on any atom is -0.349 e. The number of nitrogens with zero attached hydrogens (tertiary/aromatic N) is 3. The third-order valence-electron chi connectivity index (χ3n) is 4.30. The second-order valence-electron chi connectivity index (χ2n) is 6.44. The number of carbonyl (C=O) groups excluding carboxylic acids is 1. The summed E-state index contributed by atoms with van der Waals surface area (Å²) in [5.41, 5.74) is 1.19. The van der Waals surface area contributed by atoms with Gasteiger partial charge in [0.05, 0.1) is 27.4 Å². The number of carbonyl (C=O) groups is 1. The average Bonchev–Trinajstić information content (AvgIpc) is 3.11. The van der Waals surface area contributed by atoms with E-state index in [1.54, 1.807) is 41.0 Å². The third kappa shape index (κ3) is 5.22. The van der Waals surface area contributed by atoms with E-state index >= 15 is 0 Å². The molecule has 1 aromatic heterocycles. The number of allylic oxidation sites excluding steroid dienone is 1. The first-order valence-electron chi connectivity index (χ1n) is 9.06. The molecule has 0 spiro atoms. The predicted octanol–water partition coefficient (Wildman–Crippen LogP) is 5.55. The van der Waals surface area contributed by atoms with Crippen molar-refractivity contribution in [3.63, 3.8) is 0 Å². The van der Waals surface area contributed by atoms with E-state index in [9.17, 15) is 9.18 Å². The number of hydrogen-bond acceptors (Lipinski definition) is 4. The largest absolute Gasteiger partial charge is 0.349 e. The van der Waals surface area contributed by atoms with Crippen LogP contribution < -0.4 is 5.32 Å². The number of thioether (sulfide) groups is 1. The Balaban J connectivity index is 1.69. The van der Waals surface area contributed by atoms with Gasteiger partial charge in [-0.2, -0.15) is 0 Å². The van der Waals surface area contributed by atoms with Crippen molar-refractivity contribution in [2.45, 2.75) is 24.7 Å². The van der Waals surface area contributed by atoms with Crippen molar-refractivity contribution in [3.05, 3.63) is 76.5 Å². The fourth-order valence-corrected chi connectivity index (χ4v) is 3.87. The highest BCUT2D eigenvalue weighted by atomic mass is 35.5. The molecule has 0 saturated heterocycles. The molecule has 9 heteroatoms. The predicted molar refractivity (Wildman–Crippen MR) is 119 cm³/mol. The van der Waals surface area contributed by atoms with Gasteiger partial charge >= 0.3 is 0 Å². The van der Waals surface area contributed by atoms with Crippen molar-refractivity contribution in [2.75, 3.05) is 5.75 Å². The van der Waals surface area contributed by atoms with Gasteiger partial charge in [-0.15, -0.1) is 16.8 Å². The highest BCUT2D eigenvalue weighted by molar-refractivity contribution is 7.99. The molecule has 3 aromatic rings. The smallest absolute Gasteiger partial charge is 0.230 e. The lowest BCUT2D eigenvalue weighted by atomic mass is 10.1. The van der Waals surface area contributed by atoms with Gasteiger partial charge in [0.25, 0.3) is 0 Å². The molecule has 2 aromatic carbocycles. The zero-order valence-corrected chi connectivity index (χ0v) is 18.4. The second-order valence-corrected chi connectivity index (χ2v) is 8.19. The molecule has 1 N–H and O–H groups in total. The van der Waals surface area contributed by atoms with Gasteiger partial charge in [-0.1, -0.05) is 59.2 Å². The number of benzene rings is 2. The van der Waals surface area contributed by atoms with Gasteiger partial charge < -0.3 is 5.32 Å². The van der Waals surface area contributed by atoms with Crippen LogP contribution in [0.4, 0.5) is 4.39 Å². The summed E-state index contributed by atoms with van der Waals surface area (Å²) < 4.78 is 15.9. The molecule has 1 amide bonds. The van der Waals surface area contributed by atoms with E-state index < -0.39 is 0 Å². The molecule has 156 valence electrons. The lowest BCUT2D eigenvalue weighted by Gasteiger charge is -2.15. The normalized spacial score (nSPS) is 11.9. The van der Waals surface area contributed by atoms with Crippen molar-refractivity contribution in [3.8, 4) is 11.4 Å². The van der Waals surface area contributed by atoms with Crippen LogP contribution in [-0.4, -0.2) is 26.4 Å². The summed E-state index contributed by atoms with van der Waals surface area (Å²) in [6.07, 6.45) is 1.67. The molecule has 30 heavy (non-hydrogen) atoms. The Labute approximate surface area is 188 Å². The third-order valence-corrected chi connectivity index (χ3v) is 6.00. The van der Waals surface area contributed by atoms with Gasteiger partial charge in [0.2, 0.25) is 5.91 Å². The minimum atomic E-state index is -0.389. The summed E-state index contributed by atoms with van der Waals surface area (Å²) in [6.45, 7) is 5.99. The summed E-state index contributed by atoms with van der Waals surface area (Å²) >= 11 is 13.2. The Morgan fingerprint density at radius 1 is 1.27 bits per heavy atom. The zero-order valence-electron chi connectivity index (χ0n) is 16.1. The molecule has 0 aliphatic carbocycles. The first kappa shape index (κ1) is 22.3. The average molecular weight is 465 g/mol. The highest BCUT2D eigenvalue weighted by Crippen LogP contribution is 2.27. The second kappa shape index (κ2) is 10.1. The first-order chi connectivity index (χ1) is 14.4. The molecule has 1 heterocycles. The number of rotatable bonds is 8. The van der Waals surface area contributed by atoms with E-state index in [1.165, 1.54) is 17.8 Å². The van der Waals surface area contributed by atoms with Gasteiger partial charge in [-0.05, 0) is 36.8 Å². The summed E-state index contributed by atoms with van der Waals surface area (Å²) in [7, 11) is 0. The highest BCUT2D eigenvalue weighted by Gasteiger charge is 2.18. The standard InChI is InChI=1S/C21H19Cl2FN4OS/c1-3-10-28-20(15-6-4-5-7-18(15)24)26-27-21(28)30-12-19(29)25-13(2)14-8-9-16(22)17(23)11-14/h3-9,11,13H,1,10,12H2,2H3,(H,25,29). The van der Waals surface area contributed by atoms with E-state index in [4.69, 9.17) is 23.2 Å². The van der Waals surface area contributed by atoms with E-state index in [-0.39, 0.29) is 23.5 Å². The number of amides is 1. The van der Waals surface area contributed by atoms with Gasteiger partial charge in [0, 0.05) is 6.54 Å². The molecule has 1 atom stereocenters. The van der Waals surface area contributed by atoms with Crippen LogP contribution in [0.3, 0.4) is 0 Å². The lowest BCUT2D eigenvalue weighted by Crippen LogP contribution is -2.28. The topological polar surface area (TPSA) is 59.8 Å². The van der Waals surface area contributed by atoms with Crippen molar-refractivity contribution in [1.29, 1.82) is 0 Å². The van der Waals surface area contributed by atoms with Crippen LogP contribution in [0.15, 0.2) is 60.3 Å². The van der Waals surface area contributed by atoms with E-state index in [1.807, 2.05) is 13.0 Å². The summed E-state index contributed by atoms with van der Waals surface area (Å²) in [4.78, 5) is 12.4. The van der Waals surface area contributed by atoms with E-state index in [0.29, 0.717) is 33.1 Å². The van der Waals surface area contributed by atoms with Crippen molar-refractivity contribution in [2.24, 2.45) is 0 Å². The van der Waals surface area contributed by atoms with Crippen LogP contribution in [-0.2, 0) is 11.3 Å². The van der Waals surface area contributed by atoms with Crippen LogP contribution >= 0.6 is 35.0 Å². The molecule has 0 aliphatic heterocycles. The van der Waals surface area contributed by atoms with Gasteiger partial charge in [-0.3, -0.25) is 9.36 Å². The summed E-state index contributed by atoms with van der Waals surface area (Å²) in [5.74, 6) is -0.0581. The Bertz CT molecular complexity index is 1070. The lowest BCUT2D eigenvalue weighted by molar-refractivity contribution is -0.119. The van der Waals surface area contributed by atoms with Crippen LogP contribution in [0.2, 0.25) is 10.0 Å². The fraction of sp³-hybridized carbons (Fsp3) is 0.190. The molecule has 0 fully saturated rings. The number of hydrogen-bond donors (Lipinski definition) is 1. The van der Waals surface area contributed by atoms with Crippen molar-refractivity contribution >= 4 is 40.9 Å². The number of aromatic nitrogens is 3. The molecule has 1 unspecified atom stereocenters. The fourth-order valence-electron chi connectivity index (χ4n) is 2.81. The molecule has 5 nitrogen and oxygen atoms in total. The quantitative estimate of drug-likeness (QED) is 0.350. The Morgan fingerprint density at radius 2 is 2.03 bits per heavy atom. The maximum absolute atomic E-state index is 14.2. The van der Waals surface area contributed by atoms with Gasteiger partial charge in [0.15, 0.2) is 11.0 Å². The van der Waals surface area contributed by atoms with Gasteiger partial charge in [-0.25, -0.2) is 4.39 Å². The van der Waals surface area contributed by atoms with E-state index in [0.717, 1.165) is 5.56 Å². The number of nitrogens with one attached hydrogen (secondary N) is 1. The molecule has 0 aliphatic rings. The van der Waals surface area contributed by atoms with Gasteiger partial charge in [0.1, 0.15) is 5.82 Å². The molecular formula is C21H19Cl2FN4OS. The van der Waals surface area contributed by atoms with Crippen molar-refractivity contribution in [1.82, 2.24) is 20.1 Å². The summed E-state index contributed by atoms with van der Waals surface area (Å²) in [5, 5.41) is 12.6. The Morgan fingerprint density at radius 3 is 2.73 bits per heavy atom. The maximum Gasteiger partial charge on any atom is 0.230 e. The molecular weight excluding hydrogens is 446 g/mol. The minimum absolute atomic E-state index is 0.123. The monoisotopic (exact) mass is 464 g/mol. The maximum atomic E-state index is 14.2. The van der Waals surface area contributed by atoms with Crippen LogP contribution in [0.5, 0.6) is 0 Å². The summed E-state index contributed by atoms with van der Waals surface area (Å²) in [6, 6.07) is 11.3. The molecule has 0 radical (unpaired) electrons. The molecule has 0 bridgehead atoms. The van der Waals surface area contributed by atoms with E-state index in [2.05, 4.69) is 22.1 Å². The number of halogens is 3. The molecule has 0 saturated carbocycles. The van der Waals surface area contributed by atoms with Crippen LogP contribution in [0.25, 0.3) is 11.4 Å². The molecule has 3 rings (SSSR count).